The van der Waals surface area contributed by atoms with E-state index in [1.54, 1.807) is 12.1 Å². The Hall–Kier alpha value is -2.83. The van der Waals surface area contributed by atoms with Gasteiger partial charge in [-0.1, -0.05) is 36.4 Å². The molecule has 0 heterocycles. The van der Waals surface area contributed by atoms with Gasteiger partial charge in [0.25, 0.3) is 10.1 Å². The Labute approximate surface area is 172 Å². The lowest BCUT2D eigenvalue weighted by atomic mass is 9.82. The lowest BCUT2D eigenvalue weighted by Gasteiger charge is -2.23. The summed E-state index contributed by atoms with van der Waals surface area (Å²) in [7, 11) is -4.25. The molecule has 0 radical (unpaired) electrons. The highest BCUT2D eigenvalue weighted by atomic mass is 32.2. The molecule has 0 aliphatic carbocycles. The number of nitrogens with two attached hydrogens (primary N) is 2. The van der Waals surface area contributed by atoms with Crippen molar-refractivity contribution in [1.29, 1.82) is 0 Å². The SMILES string of the molecule is Cc1cc(C(c2ccc(S(=O)(=O)O)cc2)c2cc(C)c(N)c(C)c2)cc(C)c1N. The van der Waals surface area contributed by atoms with Gasteiger partial charge in [-0.15, -0.1) is 0 Å². The third kappa shape index (κ3) is 4.13. The lowest BCUT2D eigenvalue weighted by Crippen LogP contribution is -2.08. The Morgan fingerprint density at radius 2 is 1.03 bits per heavy atom. The van der Waals surface area contributed by atoms with Crippen LogP contribution in [0.2, 0.25) is 0 Å². The molecule has 3 aromatic carbocycles. The van der Waals surface area contributed by atoms with Gasteiger partial charge in [0.2, 0.25) is 0 Å². The van der Waals surface area contributed by atoms with Gasteiger partial charge in [-0.3, -0.25) is 4.55 Å². The van der Waals surface area contributed by atoms with Crippen molar-refractivity contribution in [3.05, 3.63) is 87.5 Å². The second-order valence-corrected chi connectivity index (χ2v) is 9.04. The van der Waals surface area contributed by atoms with E-state index in [1.165, 1.54) is 12.1 Å². The minimum atomic E-state index is -4.25. The summed E-state index contributed by atoms with van der Waals surface area (Å²) < 4.78 is 32.2. The molecule has 0 aliphatic heterocycles. The van der Waals surface area contributed by atoms with E-state index >= 15 is 0 Å². The molecule has 152 valence electrons. The van der Waals surface area contributed by atoms with E-state index < -0.39 is 10.1 Å². The third-order valence-electron chi connectivity index (χ3n) is 5.41. The zero-order chi connectivity index (χ0) is 21.5. The molecule has 0 aliphatic rings. The van der Waals surface area contributed by atoms with E-state index in [9.17, 15) is 13.0 Å². The third-order valence-corrected chi connectivity index (χ3v) is 6.28. The van der Waals surface area contributed by atoms with Crippen LogP contribution in [0.4, 0.5) is 11.4 Å². The van der Waals surface area contributed by atoms with E-state index in [2.05, 4.69) is 24.3 Å². The Bertz CT molecular complexity index is 1080. The topological polar surface area (TPSA) is 106 Å². The highest BCUT2D eigenvalue weighted by Gasteiger charge is 2.21. The molecule has 29 heavy (non-hydrogen) atoms. The van der Waals surface area contributed by atoms with Crippen molar-refractivity contribution in [2.75, 3.05) is 11.5 Å². The average molecular weight is 411 g/mol. The first-order valence-corrected chi connectivity index (χ1v) is 10.7. The molecule has 0 aromatic heterocycles. The summed E-state index contributed by atoms with van der Waals surface area (Å²) in [5.41, 5.74) is 20.8. The maximum Gasteiger partial charge on any atom is 0.294 e. The normalized spacial score (nSPS) is 11.8. The molecule has 0 bridgehead atoms. The minimum absolute atomic E-state index is 0.130. The second-order valence-electron chi connectivity index (χ2n) is 7.61. The van der Waals surface area contributed by atoms with Gasteiger partial charge in [0.15, 0.2) is 0 Å². The Morgan fingerprint density at radius 3 is 1.34 bits per heavy atom. The number of benzene rings is 3. The smallest absolute Gasteiger partial charge is 0.294 e. The van der Waals surface area contributed by atoms with Crippen molar-refractivity contribution in [2.24, 2.45) is 0 Å². The molecule has 0 unspecified atom stereocenters. The number of hydrogen-bond donors (Lipinski definition) is 3. The first kappa shape index (κ1) is 20.9. The van der Waals surface area contributed by atoms with E-state index in [1.807, 2.05) is 27.7 Å². The van der Waals surface area contributed by atoms with Gasteiger partial charge in [0, 0.05) is 17.3 Å². The van der Waals surface area contributed by atoms with Crippen molar-refractivity contribution < 1.29 is 13.0 Å². The van der Waals surface area contributed by atoms with Gasteiger partial charge < -0.3 is 11.5 Å². The van der Waals surface area contributed by atoms with E-state index in [-0.39, 0.29) is 10.8 Å². The zero-order valence-electron chi connectivity index (χ0n) is 17.0. The Kier molecular flexibility index (Phi) is 5.43. The molecular weight excluding hydrogens is 384 g/mol. The van der Waals surface area contributed by atoms with Gasteiger partial charge in [-0.05, 0) is 78.8 Å². The molecule has 6 heteroatoms. The van der Waals surface area contributed by atoms with Crippen LogP contribution in [0, 0.1) is 27.7 Å². The molecule has 3 aromatic rings. The van der Waals surface area contributed by atoms with Gasteiger partial charge >= 0.3 is 0 Å². The molecule has 0 fully saturated rings. The van der Waals surface area contributed by atoms with Crippen molar-refractivity contribution in [3.63, 3.8) is 0 Å². The number of rotatable bonds is 4. The standard InChI is InChI=1S/C23H26N2O3S/c1-13-9-18(10-14(2)22(13)24)21(19-11-15(3)23(25)16(4)12-19)17-5-7-20(8-6-17)29(26,27)28/h5-12,21H,24-25H2,1-4H3,(H,26,27,28). The first-order chi connectivity index (χ1) is 13.5. The van der Waals surface area contributed by atoms with Crippen LogP contribution in [0.5, 0.6) is 0 Å². The highest BCUT2D eigenvalue weighted by Crippen LogP contribution is 2.37. The summed E-state index contributed by atoms with van der Waals surface area (Å²) in [6.07, 6.45) is 0. The molecule has 3 rings (SSSR count). The number of hydrogen-bond acceptors (Lipinski definition) is 4. The van der Waals surface area contributed by atoms with Crippen LogP contribution in [-0.4, -0.2) is 13.0 Å². The van der Waals surface area contributed by atoms with Gasteiger partial charge in [0.1, 0.15) is 0 Å². The summed E-state index contributed by atoms with van der Waals surface area (Å²) in [6.45, 7) is 7.90. The van der Waals surface area contributed by atoms with Crippen LogP contribution in [0.15, 0.2) is 53.4 Å². The van der Waals surface area contributed by atoms with Crippen LogP contribution in [0.3, 0.4) is 0 Å². The van der Waals surface area contributed by atoms with Gasteiger partial charge in [0.05, 0.1) is 4.90 Å². The van der Waals surface area contributed by atoms with Crippen molar-refractivity contribution in [1.82, 2.24) is 0 Å². The minimum Gasteiger partial charge on any atom is -0.398 e. The Balaban J connectivity index is 2.25. The summed E-state index contributed by atoms with van der Waals surface area (Å²) in [4.78, 5) is -0.130. The lowest BCUT2D eigenvalue weighted by molar-refractivity contribution is 0.483. The monoisotopic (exact) mass is 410 g/mol. The van der Waals surface area contributed by atoms with Crippen molar-refractivity contribution in [3.8, 4) is 0 Å². The summed E-state index contributed by atoms with van der Waals surface area (Å²) >= 11 is 0. The Morgan fingerprint density at radius 1 is 0.690 bits per heavy atom. The molecule has 5 nitrogen and oxygen atoms in total. The fourth-order valence-electron chi connectivity index (χ4n) is 3.76. The average Bonchev–Trinajstić information content (AvgIpc) is 2.64. The molecular formula is C23H26N2O3S. The zero-order valence-corrected chi connectivity index (χ0v) is 17.8. The molecule has 0 saturated heterocycles. The largest absolute Gasteiger partial charge is 0.398 e. The predicted molar refractivity (Wildman–Crippen MR) is 118 cm³/mol. The van der Waals surface area contributed by atoms with Crippen LogP contribution in [0.25, 0.3) is 0 Å². The number of nitrogen functional groups attached to an aromatic ring is 2. The maximum absolute atomic E-state index is 11.4. The van der Waals surface area contributed by atoms with Crippen LogP contribution in [0.1, 0.15) is 44.9 Å². The van der Waals surface area contributed by atoms with E-state index in [0.29, 0.717) is 0 Å². The molecule has 0 saturated carbocycles. The van der Waals surface area contributed by atoms with E-state index in [0.717, 1.165) is 50.3 Å². The van der Waals surface area contributed by atoms with Crippen molar-refractivity contribution in [2.45, 2.75) is 38.5 Å². The van der Waals surface area contributed by atoms with Crippen LogP contribution in [-0.2, 0) is 10.1 Å². The fourth-order valence-corrected chi connectivity index (χ4v) is 4.24. The van der Waals surface area contributed by atoms with Crippen LogP contribution < -0.4 is 11.5 Å². The molecule has 0 amide bonds. The molecule has 0 spiro atoms. The molecule has 0 atom stereocenters. The number of aryl methyl sites for hydroxylation is 4. The second kappa shape index (κ2) is 7.54. The van der Waals surface area contributed by atoms with E-state index in [4.69, 9.17) is 11.5 Å². The first-order valence-electron chi connectivity index (χ1n) is 9.29. The maximum atomic E-state index is 11.4. The fraction of sp³-hybridized carbons (Fsp3) is 0.217. The highest BCUT2D eigenvalue weighted by molar-refractivity contribution is 7.85. The number of anilines is 2. The summed E-state index contributed by atoms with van der Waals surface area (Å²) in [6, 6.07) is 14.5. The predicted octanol–water partition coefficient (Wildman–Crippen LogP) is 4.51. The summed E-state index contributed by atoms with van der Waals surface area (Å²) in [5, 5.41) is 0. The quantitative estimate of drug-likeness (QED) is 0.333. The molecule has 5 N–H and O–H groups in total. The van der Waals surface area contributed by atoms with Gasteiger partial charge in [-0.25, -0.2) is 0 Å². The van der Waals surface area contributed by atoms with Crippen molar-refractivity contribution >= 4 is 21.5 Å². The summed E-state index contributed by atoms with van der Waals surface area (Å²) in [5.74, 6) is -0.138. The van der Waals surface area contributed by atoms with Gasteiger partial charge in [-0.2, -0.15) is 8.42 Å². The van der Waals surface area contributed by atoms with Crippen LogP contribution >= 0.6 is 0 Å².